The van der Waals surface area contributed by atoms with Crippen LogP contribution < -0.4 is 15.5 Å². The largest absolute Gasteiger partial charge is 0.355 e. The van der Waals surface area contributed by atoms with Crippen LogP contribution in [0.4, 0.5) is 26.4 Å². The maximum absolute atomic E-state index is 13.7. The monoisotopic (exact) mass is 405 g/mol. The Morgan fingerprint density at radius 2 is 1.77 bits per heavy atom. The molecule has 154 valence electrons. The molecule has 1 aromatic heterocycles. The lowest BCUT2D eigenvalue weighted by Gasteiger charge is -2.28. The van der Waals surface area contributed by atoms with Crippen molar-refractivity contribution < 1.29 is 9.18 Å². The predicted molar refractivity (Wildman–Crippen MR) is 117 cm³/mol. The van der Waals surface area contributed by atoms with Crippen LogP contribution >= 0.6 is 0 Å². The van der Waals surface area contributed by atoms with E-state index in [4.69, 9.17) is 0 Å². The number of carbonyl (C=O) groups excluding carboxylic acids is 1. The maximum atomic E-state index is 13.7. The Hall–Kier alpha value is -3.48. The summed E-state index contributed by atoms with van der Waals surface area (Å²) in [7, 11) is 0. The van der Waals surface area contributed by atoms with Crippen molar-refractivity contribution in [2.24, 2.45) is 0 Å². The minimum atomic E-state index is -0.434. The first-order chi connectivity index (χ1) is 14.6. The van der Waals surface area contributed by atoms with Crippen LogP contribution in [0.15, 0.2) is 54.9 Å². The van der Waals surface area contributed by atoms with Crippen LogP contribution in [-0.2, 0) is 0 Å². The van der Waals surface area contributed by atoms with Crippen molar-refractivity contribution in [2.75, 3.05) is 28.6 Å². The van der Waals surface area contributed by atoms with E-state index in [0.29, 0.717) is 16.9 Å². The molecule has 30 heavy (non-hydrogen) atoms. The van der Waals surface area contributed by atoms with Gasteiger partial charge in [0.05, 0.1) is 0 Å². The maximum Gasteiger partial charge on any atom is 0.323 e. The summed E-state index contributed by atoms with van der Waals surface area (Å²) in [5.74, 6) is 0.511. The van der Waals surface area contributed by atoms with Gasteiger partial charge in [0, 0.05) is 48.0 Å². The Morgan fingerprint density at radius 1 is 1.00 bits per heavy atom. The van der Waals surface area contributed by atoms with Gasteiger partial charge in [-0.25, -0.2) is 14.2 Å². The molecule has 2 heterocycles. The molecule has 7 heteroatoms. The molecular formula is C23H24FN5O. The van der Waals surface area contributed by atoms with E-state index in [1.54, 1.807) is 37.5 Å². The number of anilines is 3. The Kier molecular flexibility index (Phi) is 5.88. The third kappa shape index (κ3) is 4.40. The number of carbonyl (C=O) groups is 1. The number of benzene rings is 2. The Balaban J connectivity index is 1.53. The number of nitrogens with one attached hydrogen (secondary N) is 2. The summed E-state index contributed by atoms with van der Waals surface area (Å²) < 4.78 is 13.7. The average molecular weight is 405 g/mol. The zero-order valence-electron chi connectivity index (χ0n) is 16.9. The molecule has 4 rings (SSSR count). The molecule has 0 bridgehead atoms. The van der Waals surface area contributed by atoms with Crippen molar-refractivity contribution in [1.29, 1.82) is 0 Å². The molecule has 3 aromatic rings. The first-order valence-corrected chi connectivity index (χ1v) is 10.1. The molecule has 0 unspecified atom stereocenters. The topological polar surface area (TPSA) is 70.1 Å². The SMILES string of the molecule is Cc1c(F)cccc1NC(=O)Nc1cccc(-c2nccnc2N2CCCCC2)c1. The van der Waals surface area contributed by atoms with Gasteiger partial charge in [0.15, 0.2) is 5.82 Å². The normalized spacial score (nSPS) is 13.7. The molecule has 1 aliphatic heterocycles. The van der Waals surface area contributed by atoms with Gasteiger partial charge in [-0.05, 0) is 50.5 Å². The highest BCUT2D eigenvalue weighted by Gasteiger charge is 2.18. The lowest BCUT2D eigenvalue weighted by Crippen LogP contribution is -2.30. The van der Waals surface area contributed by atoms with Crippen molar-refractivity contribution in [3.63, 3.8) is 0 Å². The molecule has 2 amide bonds. The van der Waals surface area contributed by atoms with Crippen LogP contribution in [0, 0.1) is 12.7 Å². The van der Waals surface area contributed by atoms with Gasteiger partial charge in [-0.2, -0.15) is 0 Å². The van der Waals surface area contributed by atoms with Crippen molar-refractivity contribution in [3.05, 3.63) is 66.2 Å². The second-order valence-electron chi connectivity index (χ2n) is 7.35. The second-order valence-corrected chi connectivity index (χ2v) is 7.35. The van der Waals surface area contributed by atoms with E-state index < -0.39 is 6.03 Å². The molecule has 1 aliphatic rings. The first-order valence-electron chi connectivity index (χ1n) is 10.1. The van der Waals surface area contributed by atoms with Crippen molar-refractivity contribution in [3.8, 4) is 11.3 Å². The van der Waals surface area contributed by atoms with E-state index in [0.717, 1.165) is 43.0 Å². The van der Waals surface area contributed by atoms with Crippen LogP contribution in [0.2, 0.25) is 0 Å². The molecule has 1 fully saturated rings. The Labute approximate surface area is 175 Å². The van der Waals surface area contributed by atoms with Crippen LogP contribution in [0.1, 0.15) is 24.8 Å². The molecule has 0 aliphatic carbocycles. The number of hydrogen-bond donors (Lipinski definition) is 2. The number of aromatic nitrogens is 2. The molecular weight excluding hydrogens is 381 g/mol. The third-order valence-electron chi connectivity index (χ3n) is 5.24. The number of amides is 2. The molecule has 6 nitrogen and oxygen atoms in total. The highest BCUT2D eigenvalue weighted by molar-refractivity contribution is 6.00. The van der Waals surface area contributed by atoms with E-state index in [-0.39, 0.29) is 5.82 Å². The van der Waals surface area contributed by atoms with Gasteiger partial charge < -0.3 is 15.5 Å². The van der Waals surface area contributed by atoms with E-state index in [9.17, 15) is 9.18 Å². The Bertz CT molecular complexity index is 1050. The zero-order chi connectivity index (χ0) is 20.9. The molecule has 0 atom stereocenters. The highest BCUT2D eigenvalue weighted by atomic mass is 19.1. The standard InChI is InChI=1S/C23H24FN5O/c1-16-19(24)9-6-10-20(16)28-23(30)27-18-8-5-7-17(15-18)21-22(26-12-11-25-21)29-13-3-2-4-14-29/h5-12,15H,2-4,13-14H2,1H3,(H2,27,28,30). The lowest BCUT2D eigenvalue weighted by molar-refractivity contribution is 0.262. The summed E-state index contributed by atoms with van der Waals surface area (Å²) in [5.41, 5.74) is 3.12. The summed E-state index contributed by atoms with van der Waals surface area (Å²) in [6.45, 7) is 3.57. The summed E-state index contributed by atoms with van der Waals surface area (Å²) >= 11 is 0. The van der Waals surface area contributed by atoms with Gasteiger partial charge in [-0.15, -0.1) is 0 Å². The molecule has 2 aromatic carbocycles. The Morgan fingerprint density at radius 3 is 2.60 bits per heavy atom. The van der Waals surface area contributed by atoms with Crippen LogP contribution in [0.3, 0.4) is 0 Å². The number of urea groups is 1. The van der Waals surface area contributed by atoms with Gasteiger partial charge in [-0.3, -0.25) is 4.98 Å². The van der Waals surface area contributed by atoms with Crippen molar-refractivity contribution in [2.45, 2.75) is 26.2 Å². The quantitative estimate of drug-likeness (QED) is 0.624. The fraction of sp³-hybridized carbons (Fsp3) is 0.261. The van der Waals surface area contributed by atoms with Crippen molar-refractivity contribution >= 4 is 23.2 Å². The number of rotatable bonds is 4. The minimum absolute atomic E-state index is 0.359. The minimum Gasteiger partial charge on any atom is -0.355 e. The number of nitrogens with zero attached hydrogens (tertiary/aromatic N) is 3. The highest BCUT2D eigenvalue weighted by Crippen LogP contribution is 2.30. The second kappa shape index (κ2) is 8.90. The average Bonchev–Trinajstić information content (AvgIpc) is 2.78. The van der Waals surface area contributed by atoms with Gasteiger partial charge in [0.25, 0.3) is 0 Å². The van der Waals surface area contributed by atoms with Crippen molar-refractivity contribution in [1.82, 2.24) is 9.97 Å². The molecule has 1 saturated heterocycles. The van der Waals surface area contributed by atoms with Crippen LogP contribution in [0.25, 0.3) is 11.3 Å². The summed E-state index contributed by atoms with van der Waals surface area (Å²) in [6.07, 6.45) is 6.94. The molecule has 2 N–H and O–H groups in total. The summed E-state index contributed by atoms with van der Waals surface area (Å²) in [6, 6.07) is 11.7. The van der Waals surface area contributed by atoms with E-state index in [1.807, 2.05) is 18.2 Å². The van der Waals surface area contributed by atoms with Gasteiger partial charge in [-0.1, -0.05) is 18.2 Å². The van der Waals surface area contributed by atoms with Gasteiger partial charge in [0.1, 0.15) is 11.5 Å². The van der Waals surface area contributed by atoms with Crippen LogP contribution in [0.5, 0.6) is 0 Å². The fourth-order valence-electron chi connectivity index (χ4n) is 3.64. The van der Waals surface area contributed by atoms with E-state index in [2.05, 4.69) is 25.5 Å². The smallest absolute Gasteiger partial charge is 0.323 e. The summed E-state index contributed by atoms with van der Waals surface area (Å²) in [4.78, 5) is 23.8. The fourth-order valence-corrected chi connectivity index (χ4v) is 3.64. The molecule has 0 radical (unpaired) electrons. The number of piperidine rings is 1. The lowest BCUT2D eigenvalue weighted by atomic mass is 10.1. The zero-order valence-corrected chi connectivity index (χ0v) is 16.9. The van der Waals surface area contributed by atoms with E-state index in [1.165, 1.54) is 12.5 Å². The third-order valence-corrected chi connectivity index (χ3v) is 5.24. The van der Waals surface area contributed by atoms with E-state index >= 15 is 0 Å². The van der Waals surface area contributed by atoms with Gasteiger partial charge in [0.2, 0.25) is 0 Å². The summed E-state index contributed by atoms with van der Waals surface area (Å²) in [5, 5.41) is 5.51. The molecule has 0 spiro atoms. The predicted octanol–water partition coefficient (Wildman–Crippen LogP) is 5.23. The number of hydrogen-bond acceptors (Lipinski definition) is 4. The van der Waals surface area contributed by atoms with Gasteiger partial charge >= 0.3 is 6.03 Å². The first kappa shape index (κ1) is 19.8. The molecule has 0 saturated carbocycles. The van der Waals surface area contributed by atoms with Crippen LogP contribution in [-0.4, -0.2) is 29.1 Å². The number of halogens is 1.